The number of guanidine groups is 1. The average molecular weight is 486 g/mol. The summed E-state index contributed by atoms with van der Waals surface area (Å²) in [7, 11) is 0. The Morgan fingerprint density at radius 2 is 2.00 bits per heavy atom. The van der Waals surface area contributed by atoms with Crippen LogP contribution in [0, 0.1) is 6.92 Å². The predicted octanol–water partition coefficient (Wildman–Crippen LogP) is 1.98. The standard InChI is InChI=1S/C19H30N6O.HI/c1-16-23-17-6-2-3-7-18(17)25(16)11-5-9-22-19(20)21-8-4-10-24-12-14-26-15-13-24;/h2-3,6-7H,4-5,8-15H2,1H3,(H3,20,21,22);1H. The highest BCUT2D eigenvalue weighted by atomic mass is 127. The van der Waals surface area contributed by atoms with Crippen LogP contribution in [-0.2, 0) is 11.3 Å². The SMILES string of the molecule is Cc1nc2ccccc2n1CCCN=C(N)NCCCN1CCOCC1.I. The smallest absolute Gasteiger partial charge is 0.188 e. The number of nitrogens with zero attached hydrogens (tertiary/aromatic N) is 4. The topological polar surface area (TPSA) is 80.7 Å². The maximum absolute atomic E-state index is 5.96. The Kier molecular flexibility index (Phi) is 9.29. The molecule has 1 aliphatic rings. The second-order valence-electron chi connectivity index (χ2n) is 6.65. The van der Waals surface area contributed by atoms with Gasteiger partial charge in [-0.3, -0.25) is 9.89 Å². The third kappa shape index (κ3) is 6.62. The Hall–Kier alpha value is -1.39. The number of aryl methyl sites for hydroxylation is 2. The highest BCUT2D eigenvalue weighted by Crippen LogP contribution is 2.15. The van der Waals surface area contributed by atoms with Crippen LogP contribution in [0.15, 0.2) is 29.3 Å². The number of halogens is 1. The van der Waals surface area contributed by atoms with Crippen LogP contribution in [-0.4, -0.2) is 66.3 Å². The van der Waals surface area contributed by atoms with Crippen molar-refractivity contribution >= 4 is 41.0 Å². The van der Waals surface area contributed by atoms with Crippen molar-refractivity contribution < 1.29 is 4.74 Å². The van der Waals surface area contributed by atoms with Crippen molar-refractivity contribution in [1.82, 2.24) is 19.8 Å². The van der Waals surface area contributed by atoms with Gasteiger partial charge in [-0.15, -0.1) is 24.0 Å². The monoisotopic (exact) mass is 486 g/mol. The number of fused-ring (bicyclic) bond motifs is 1. The summed E-state index contributed by atoms with van der Waals surface area (Å²) >= 11 is 0. The molecule has 0 radical (unpaired) electrons. The van der Waals surface area contributed by atoms with Crippen molar-refractivity contribution in [3.8, 4) is 0 Å². The van der Waals surface area contributed by atoms with Crippen LogP contribution in [0.25, 0.3) is 11.0 Å². The Balaban J connectivity index is 0.00000261. The third-order valence-electron chi connectivity index (χ3n) is 4.73. The molecule has 2 heterocycles. The van der Waals surface area contributed by atoms with E-state index in [2.05, 4.69) is 43.0 Å². The lowest BCUT2D eigenvalue weighted by atomic mass is 10.3. The molecule has 0 atom stereocenters. The molecule has 1 fully saturated rings. The van der Waals surface area contributed by atoms with E-state index in [1.807, 2.05) is 13.0 Å². The molecule has 0 bridgehead atoms. The summed E-state index contributed by atoms with van der Waals surface area (Å²) < 4.78 is 7.60. The number of morpholine rings is 1. The first-order valence-corrected chi connectivity index (χ1v) is 9.50. The molecule has 3 N–H and O–H groups in total. The number of imidazole rings is 1. The largest absolute Gasteiger partial charge is 0.379 e. The molecule has 1 saturated heterocycles. The Morgan fingerprint density at radius 3 is 2.81 bits per heavy atom. The second-order valence-corrected chi connectivity index (χ2v) is 6.65. The van der Waals surface area contributed by atoms with Crippen molar-refractivity contribution in [1.29, 1.82) is 0 Å². The molecule has 0 saturated carbocycles. The lowest BCUT2D eigenvalue weighted by molar-refractivity contribution is 0.0376. The van der Waals surface area contributed by atoms with E-state index in [4.69, 9.17) is 10.5 Å². The van der Waals surface area contributed by atoms with Crippen LogP contribution >= 0.6 is 24.0 Å². The molecule has 27 heavy (non-hydrogen) atoms. The number of rotatable bonds is 8. The summed E-state index contributed by atoms with van der Waals surface area (Å²) in [4.78, 5) is 11.5. The lowest BCUT2D eigenvalue weighted by Crippen LogP contribution is -2.39. The summed E-state index contributed by atoms with van der Waals surface area (Å²) in [6.07, 6.45) is 2.01. The van der Waals surface area contributed by atoms with Crippen molar-refractivity contribution in [2.24, 2.45) is 10.7 Å². The summed E-state index contributed by atoms with van der Waals surface area (Å²) in [6.45, 7) is 9.37. The van der Waals surface area contributed by atoms with Gasteiger partial charge in [-0.05, 0) is 38.4 Å². The Bertz CT molecular complexity index is 726. The fourth-order valence-corrected chi connectivity index (χ4v) is 3.31. The number of benzene rings is 1. The molecule has 1 aliphatic heterocycles. The molecule has 1 aromatic carbocycles. The summed E-state index contributed by atoms with van der Waals surface area (Å²) in [5, 5.41) is 3.21. The second kappa shape index (κ2) is 11.5. The Labute approximate surface area is 178 Å². The predicted molar refractivity (Wildman–Crippen MR) is 121 cm³/mol. The zero-order valence-electron chi connectivity index (χ0n) is 16.1. The first-order chi connectivity index (χ1) is 12.7. The summed E-state index contributed by atoms with van der Waals surface area (Å²) in [5.74, 6) is 1.59. The molecular formula is C19H31IN6O. The fraction of sp³-hybridized carbons (Fsp3) is 0.579. The number of aliphatic imine (C=N–C) groups is 1. The molecule has 1 aromatic heterocycles. The van der Waals surface area contributed by atoms with E-state index in [9.17, 15) is 0 Å². The first kappa shape index (κ1) is 21.9. The van der Waals surface area contributed by atoms with Crippen LogP contribution < -0.4 is 11.1 Å². The number of hydrogen-bond donors (Lipinski definition) is 2. The molecular weight excluding hydrogens is 455 g/mol. The zero-order valence-corrected chi connectivity index (χ0v) is 18.4. The van der Waals surface area contributed by atoms with Gasteiger partial charge < -0.3 is 20.4 Å². The minimum absolute atomic E-state index is 0. The van der Waals surface area contributed by atoms with Gasteiger partial charge in [-0.25, -0.2) is 4.98 Å². The maximum Gasteiger partial charge on any atom is 0.188 e. The van der Waals surface area contributed by atoms with E-state index < -0.39 is 0 Å². The van der Waals surface area contributed by atoms with Gasteiger partial charge in [-0.1, -0.05) is 12.1 Å². The van der Waals surface area contributed by atoms with E-state index in [-0.39, 0.29) is 24.0 Å². The summed E-state index contributed by atoms with van der Waals surface area (Å²) in [6, 6.07) is 8.24. The zero-order chi connectivity index (χ0) is 18.2. The molecule has 3 rings (SSSR count). The number of aromatic nitrogens is 2. The van der Waals surface area contributed by atoms with Crippen LogP contribution in [0.2, 0.25) is 0 Å². The molecule has 2 aromatic rings. The minimum Gasteiger partial charge on any atom is -0.379 e. The van der Waals surface area contributed by atoms with Crippen molar-refractivity contribution in [3.63, 3.8) is 0 Å². The number of nitrogens with two attached hydrogens (primary N) is 1. The van der Waals surface area contributed by atoms with E-state index in [0.717, 1.165) is 70.1 Å². The van der Waals surface area contributed by atoms with Crippen molar-refractivity contribution in [3.05, 3.63) is 30.1 Å². The number of para-hydroxylation sites is 2. The van der Waals surface area contributed by atoms with Crippen LogP contribution in [0.1, 0.15) is 18.7 Å². The van der Waals surface area contributed by atoms with Crippen molar-refractivity contribution in [2.45, 2.75) is 26.3 Å². The van der Waals surface area contributed by atoms with Gasteiger partial charge in [0.1, 0.15) is 5.82 Å². The molecule has 0 spiro atoms. The number of nitrogens with one attached hydrogen (secondary N) is 1. The molecule has 0 unspecified atom stereocenters. The minimum atomic E-state index is 0. The molecule has 0 amide bonds. The van der Waals surface area contributed by atoms with Gasteiger partial charge in [0.15, 0.2) is 5.96 Å². The van der Waals surface area contributed by atoms with Gasteiger partial charge in [0.25, 0.3) is 0 Å². The normalized spacial score (nSPS) is 15.7. The van der Waals surface area contributed by atoms with Gasteiger partial charge >= 0.3 is 0 Å². The number of hydrogen-bond acceptors (Lipinski definition) is 4. The highest BCUT2D eigenvalue weighted by molar-refractivity contribution is 14.0. The van der Waals surface area contributed by atoms with E-state index in [1.165, 1.54) is 5.52 Å². The van der Waals surface area contributed by atoms with Crippen LogP contribution in [0.3, 0.4) is 0 Å². The lowest BCUT2D eigenvalue weighted by Gasteiger charge is -2.26. The fourth-order valence-electron chi connectivity index (χ4n) is 3.31. The summed E-state index contributed by atoms with van der Waals surface area (Å²) in [5.41, 5.74) is 8.19. The first-order valence-electron chi connectivity index (χ1n) is 9.50. The number of ether oxygens (including phenoxy) is 1. The highest BCUT2D eigenvalue weighted by Gasteiger charge is 2.09. The quantitative estimate of drug-likeness (QED) is 0.258. The van der Waals surface area contributed by atoms with Crippen LogP contribution in [0.4, 0.5) is 0 Å². The van der Waals surface area contributed by atoms with E-state index in [0.29, 0.717) is 12.5 Å². The van der Waals surface area contributed by atoms with Gasteiger partial charge in [0, 0.05) is 32.7 Å². The van der Waals surface area contributed by atoms with E-state index in [1.54, 1.807) is 0 Å². The average Bonchev–Trinajstić information content (AvgIpc) is 2.98. The third-order valence-corrected chi connectivity index (χ3v) is 4.73. The van der Waals surface area contributed by atoms with Crippen molar-refractivity contribution in [2.75, 3.05) is 45.9 Å². The molecule has 8 heteroatoms. The Morgan fingerprint density at radius 1 is 1.22 bits per heavy atom. The maximum atomic E-state index is 5.96. The van der Waals surface area contributed by atoms with Crippen LogP contribution in [0.5, 0.6) is 0 Å². The molecule has 7 nitrogen and oxygen atoms in total. The molecule has 0 aliphatic carbocycles. The van der Waals surface area contributed by atoms with E-state index >= 15 is 0 Å². The van der Waals surface area contributed by atoms with Gasteiger partial charge in [-0.2, -0.15) is 0 Å². The van der Waals surface area contributed by atoms with Gasteiger partial charge in [0.2, 0.25) is 0 Å². The molecule has 150 valence electrons. The van der Waals surface area contributed by atoms with Gasteiger partial charge in [0.05, 0.1) is 24.2 Å².